The summed E-state index contributed by atoms with van der Waals surface area (Å²) in [4.78, 5) is 10.5. The van der Waals surface area contributed by atoms with Gasteiger partial charge in [0.15, 0.2) is 0 Å². The van der Waals surface area contributed by atoms with Crippen molar-refractivity contribution in [3.8, 4) is 5.06 Å². The SMILES string of the molecule is COP(=O)(OC)c1cc(N)c(OC(N)=O)s1. The Morgan fingerprint density at radius 2 is 2.00 bits per heavy atom. The van der Waals surface area contributed by atoms with Crippen LogP contribution in [-0.2, 0) is 13.6 Å². The third-order valence-corrected chi connectivity index (χ3v) is 5.06. The van der Waals surface area contributed by atoms with E-state index >= 15 is 0 Å². The van der Waals surface area contributed by atoms with E-state index in [9.17, 15) is 9.36 Å². The number of hydrogen-bond donors (Lipinski definition) is 2. The molecule has 0 aliphatic carbocycles. The van der Waals surface area contributed by atoms with Crippen LogP contribution < -0.4 is 20.8 Å². The number of ether oxygens (including phenoxy) is 1. The number of amides is 1. The highest BCUT2D eigenvalue weighted by Gasteiger charge is 2.28. The van der Waals surface area contributed by atoms with Gasteiger partial charge < -0.3 is 25.3 Å². The van der Waals surface area contributed by atoms with Crippen LogP contribution in [0.1, 0.15) is 0 Å². The molecule has 16 heavy (non-hydrogen) atoms. The van der Waals surface area contributed by atoms with Crippen molar-refractivity contribution in [2.75, 3.05) is 20.0 Å². The molecule has 1 aromatic rings. The third kappa shape index (κ3) is 2.53. The quantitative estimate of drug-likeness (QED) is 0.782. The molecule has 1 heterocycles. The predicted octanol–water partition coefficient (Wildman–Crippen LogP) is 0.899. The summed E-state index contributed by atoms with van der Waals surface area (Å²) in [6.07, 6.45) is -0.996. The van der Waals surface area contributed by atoms with Crippen molar-refractivity contribution >= 4 is 35.3 Å². The van der Waals surface area contributed by atoms with Gasteiger partial charge in [-0.3, -0.25) is 4.57 Å². The highest BCUT2D eigenvalue weighted by molar-refractivity contribution is 7.69. The van der Waals surface area contributed by atoms with E-state index in [2.05, 4.69) is 4.74 Å². The molecule has 0 fully saturated rings. The summed E-state index contributed by atoms with van der Waals surface area (Å²) in [6.45, 7) is 0. The maximum Gasteiger partial charge on any atom is 0.410 e. The second-order valence-electron chi connectivity index (χ2n) is 2.61. The van der Waals surface area contributed by atoms with Gasteiger partial charge in [0.2, 0.25) is 5.06 Å². The van der Waals surface area contributed by atoms with Gasteiger partial charge in [0, 0.05) is 14.2 Å². The first kappa shape index (κ1) is 13.0. The van der Waals surface area contributed by atoms with Gasteiger partial charge in [0.05, 0.1) is 5.69 Å². The number of primary amides is 1. The van der Waals surface area contributed by atoms with Crippen molar-refractivity contribution in [3.05, 3.63) is 6.07 Å². The number of thiophene rings is 1. The number of rotatable bonds is 4. The zero-order valence-corrected chi connectivity index (χ0v) is 10.3. The molecule has 4 N–H and O–H groups in total. The molecule has 9 heteroatoms. The summed E-state index contributed by atoms with van der Waals surface area (Å²) in [5.74, 6) is 0. The van der Waals surface area contributed by atoms with Gasteiger partial charge in [-0.25, -0.2) is 4.79 Å². The van der Waals surface area contributed by atoms with Crippen molar-refractivity contribution in [1.82, 2.24) is 0 Å². The number of carbonyl (C=O) groups is 1. The van der Waals surface area contributed by atoms with Gasteiger partial charge >= 0.3 is 13.7 Å². The van der Waals surface area contributed by atoms with Crippen LogP contribution in [0.5, 0.6) is 5.06 Å². The predicted molar refractivity (Wildman–Crippen MR) is 60.2 cm³/mol. The first-order chi connectivity index (χ1) is 7.42. The first-order valence-corrected chi connectivity index (χ1v) is 6.37. The molecule has 0 spiro atoms. The van der Waals surface area contributed by atoms with Crippen molar-refractivity contribution < 1.29 is 23.1 Å². The van der Waals surface area contributed by atoms with E-state index in [1.165, 1.54) is 20.3 Å². The molecule has 0 unspecified atom stereocenters. The molecule has 0 radical (unpaired) electrons. The molecule has 0 bridgehead atoms. The van der Waals surface area contributed by atoms with Gasteiger partial charge in [-0.05, 0) is 6.07 Å². The second-order valence-corrected chi connectivity index (χ2v) is 6.14. The Morgan fingerprint density at radius 1 is 1.44 bits per heavy atom. The number of carbonyl (C=O) groups excluding carboxylic acids is 1. The Balaban J connectivity index is 3.09. The molecular weight excluding hydrogens is 255 g/mol. The van der Waals surface area contributed by atoms with Crippen LogP contribution in [0.4, 0.5) is 10.5 Å². The van der Waals surface area contributed by atoms with E-state index in [1.807, 2.05) is 0 Å². The fourth-order valence-electron chi connectivity index (χ4n) is 0.936. The lowest BCUT2D eigenvalue weighted by atomic mass is 10.5. The minimum atomic E-state index is -3.38. The summed E-state index contributed by atoms with van der Waals surface area (Å²) in [5, 5.41) is 0.0665. The highest BCUT2D eigenvalue weighted by Crippen LogP contribution is 2.49. The lowest BCUT2D eigenvalue weighted by molar-refractivity contribution is 0.212. The monoisotopic (exact) mass is 266 g/mol. The van der Waals surface area contributed by atoms with E-state index in [0.29, 0.717) is 0 Å². The Kier molecular flexibility index (Phi) is 3.93. The minimum Gasteiger partial charge on any atom is -0.397 e. The van der Waals surface area contributed by atoms with Crippen LogP contribution in [0.15, 0.2) is 6.07 Å². The molecule has 1 amide bonds. The fourth-order valence-corrected chi connectivity index (χ4v) is 3.56. The molecular formula is C7H11N2O5PS. The van der Waals surface area contributed by atoms with Crippen LogP contribution in [0.25, 0.3) is 0 Å². The number of hydrogen-bond acceptors (Lipinski definition) is 7. The van der Waals surface area contributed by atoms with Gasteiger partial charge in [0.1, 0.15) is 4.62 Å². The van der Waals surface area contributed by atoms with Crippen LogP contribution in [-0.4, -0.2) is 20.3 Å². The average molecular weight is 266 g/mol. The molecule has 0 aromatic carbocycles. The topological polar surface area (TPSA) is 114 Å². The molecule has 1 aromatic heterocycles. The van der Waals surface area contributed by atoms with E-state index in [1.54, 1.807) is 0 Å². The maximum absolute atomic E-state index is 11.9. The van der Waals surface area contributed by atoms with Crippen LogP contribution >= 0.6 is 18.9 Å². The number of anilines is 1. The fraction of sp³-hybridized carbons (Fsp3) is 0.286. The Hall–Kier alpha value is -1.08. The van der Waals surface area contributed by atoms with Gasteiger partial charge in [-0.15, -0.1) is 0 Å². The molecule has 0 atom stereocenters. The summed E-state index contributed by atoms with van der Waals surface area (Å²) in [7, 11) is -0.887. The zero-order chi connectivity index (χ0) is 12.3. The molecule has 0 aliphatic heterocycles. The zero-order valence-electron chi connectivity index (χ0n) is 8.63. The molecule has 1 rings (SSSR count). The Morgan fingerprint density at radius 3 is 2.44 bits per heavy atom. The first-order valence-electron chi connectivity index (χ1n) is 4.01. The van der Waals surface area contributed by atoms with Gasteiger partial charge in [-0.1, -0.05) is 11.3 Å². The lowest BCUT2D eigenvalue weighted by Crippen LogP contribution is -2.16. The number of nitrogens with two attached hydrogens (primary N) is 2. The van der Waals surface area contributed by atoms with Crippen molar-refractivity contribution in [2.24, 2.45) is 5.73 Å². The van der Waals surface area contributed by atoms with Crippen molar-refractivity contribution in [2.45, 2.75) is 0 Å². The average Bonchev–Trinajstić information content (AvgIpc) is 2.59. The lowest BCUT2D eigenvalue weighted by Gasteiger charge is -2.10. The summed E-state index contributed by atoms with van der Waals surface area (Å²) >= 11 is 0.883. The standard InChI is InChI=1S/C7H11N2O5PS/c1-12-15(11,13-2)5-3-4(8)6(16-5)14-7(9)10/h3H,8H2,1-2H3,(H2,9,10). The number of nitrogen functional groups attached to an aromatic ring is 1. The minimum absolute atomic E-state index is 0.0665. The van der Waals surface area contributed by atoms with E-state index in [0.717, 1.165) is 11.3 Å². The van der Waals surface area contributed by atoms with Gasteiger partial charge in [-0.2, -0.15) is 0 Å². The largest absolute Gasteiger partial charge is 0.410 e. The van der Waals surface area contributed by atoms with Crippen molar-refractivity contribution in [3.63, 3.8) is 0 Å². The molecule has 0 saturated heterocycles. The van der Waals surface area contributed by atoms with Crippen LogP contribution in [0, 0.1) is 0 Å². The van der Waals surface area contributed by atoms with E-state index in [-0.39, 0.29) is 15.4 Å². The normalized spacial score (nSPS) is 11.4. The summed E-state index contributed by atoms with van der Waals surface area (Å²) < 4.78 is 26.3. The van der Waals surface area contributed by atoms with Crippen molar-refractivity contribution in [1.29, 1.82) is 0 Å². The van der Waals surface area contributed by atoms with Crippen LogP contribution in [0.2, 0.25) is 0 Å². The summed E-state index contributed by atoms with van der Waals surface area (Å²) in [6, 6.07) is 1.36. The Labute approximate surface area is 95.8 Å². The molecule has 0 saturated carbocycles. The third-order valence-electron chi connectivity index (χ3n) is 1.66. The summed E-state index contributed by atoms with van der Waals surface area (Å²) in [5.41, 5.74) is 10.5. The highest BCUT2D eigenvalue weighted by atomic mass is 32.1. The second kappa shape index (κ2) is 4.84. The Bertz CT molecular complexity index is 438. The molecule has 7 nitrogen and oxygen atoms in total. The van der Waals surface area contributed by atoms with E-state index < -0.39 is 13.7 Å². The maximum atomic E-state index is 11.9. The molecule has 0 aliphatic rings. The van der Waals surface area contributed by atoms with E-state index in [4.69, 9.17) is 20.5 Å². The van der Waals surface area contributed by atoms with Crippen LogP contribution in [0.3, 0.4) is 0 Å². The van der Waals surface area contributed by atoms with Gasteiger partial charge in [0.25, 0.3) is 0 Å². The molecule has 90 valence electrons. The smallest absolute Gasteiger partial charge is 0.397 e.